The third kappa shape index (κ3) is 4.57. The quantitative estimate of drug-likeness (QED) is 0.507. The molecular weight excluding hydrogens is 374 g/mol. The Morgan fingerprint density at radius 3 is 2.38 bits per heavy atom. The van der Waals surface area contributed by atoms with Crippen LogP contribution in [-0.2, 0) is 14.8 Å². The lowest BCUT2D eigenvalue weighted by atomic mass is 10.2. The number of carbonyl (C=O) groups excluding carboxylic acids is 2. The van der Waals surface area contributed by atoms with Crippen molar-refractivity contribution in [2.75, 3.05) is 19.7 Å². The summed E-state index contributed by atoms with van der Waals surface area (Å²) in [5.41, 5.74) is 0.0911. The molecule has 0 spiro atoms. The molecule has 1 heterocycles. The molecule has 0 bridgehead atoms. The molecule has 1 aromatic carbocycles. The lowest BCUT2D eigenvalue weighted by Gasteiger charge is -2.18. The number of carbonyl (C=O) groups is 2. The van der Waals surface area contributed by atoms with Crippen LogP contribution < -0.4 is 0 Å². The van der Waals surface area contributed by atoms with Gasteiger partial charge in [0.2, 0.25) is 15.8 Å². The fourth-order valence-electron chi connectivity index (χ4n) is 2.37. The molecule has 1 aromatic heterocycles. The van der Waals surface area contributed by atoms with Crippen molar-refractivity contribution >= 4 is 33.1 Å². The van der Waals surface area contributed by atoms with E-state index < -0.39 is 16.0 Å². The molecule has 8 heteroatoms. The number of aryl methyl sites for hydroxylation is 1. The van der Waals surface area contributed by atoms with Gasteiger partial charge in [-0.05, 0) is 37.3 Å². The van der Waals surface area contributed by atoms with Crippen LogP contribution in [-0.4, -0.2) is 44.2 Å². The van der Waals surface area contributed by atoms with Gasteiger partial charge >= 0.3 is 5.97 Å². The highest BCUT2D eigenvalue weighted by Gasteiger charge is 2.23. The molecule has 0 amide bonds. The van der Waals surface area contributed by atoms with Crippen molar-refractivity contribution < 1.29 is 22.7 Å². The second-order valence-electron chi connectivity index (χ2n) is 5.53. The number of thiophene rings is 1. The van der Waals surface area contributed by atoms with Gasteiger partial charge in [-0.1, -0.05) is 19.9 Å². The van der Waals surface area contributed by atoms with Crippen molar-refractivity contribution in [2.45, 2.75) is 25.7 Å². The summed E-state index contributed by atoms with van der Waals surface area (Å²) in [6.45, 7) is 5.67. The maximum absolute atomic E-state index is 12.5. The van der Waals surface area contributed by atoms with Crippen molar-refractivity contribution in [1.82, 2.24) is 4.31 Å². The first-order valence-corrected chi connectivity index (χ1v) is 10.4. The summed E-state index contributed by atoms with van der Waals surface area (Å²) in [6.07, 6.45) is 0. The molecule has 0 radical (unpaired) electrons. The zero-order valence-electron chi connectivity index (χ0n) is 14.9. The molecule has 0 saturated heterocycles. The number of hydrogen-bond donors (Lipinski definition) is 0. The predicted octanol–water partition coefficient (Wildman–Crippen LogP) is 3.13. The van der Waals surface area contributed by atoms with E-state index in [0.717, 1.165) is 4.88 Å². The Balaban J connectivity index is 2.12. The fraction of sp³-hybridized carbons (Fsp3) is 0.333. The van der Waals surface area contributed by atoms with Gasteiger partial charge in [-0.3, -0.25) is 4.79 Å². The monoisotopic (exact) mass is 395 g/mol. The van der Waals surface area contributed by atoms with Crippen molar-refractivity contribution in [3.63, 3.8) is 0 Å². The minimum Gasteiger partial charge on any atom is -0.454 e. The number of sulfonamides is 1. The van der Waals surface area contributed by atoms with Crippen molar-refractivity contribution in [2.24, 2.45) is 0 Å². The average Bonchev–Trinajstić information content (AvgIpc) is 3.07. The first-order valence-electron chi connectivity index (χ1n) is 8.16. The van der Waals surface area contributed by atoms with E-state index in [9.17, 15) is 18.0 Å². The Morgan fingerprint density at radius 2 is 1.81 bits per heavy atom. The molecule has 140 valence electrons. The molecule has 0 aliphatic heterocycles. The van der Waals surface area contributed by atoms with Crippen LogP contribution in [0.25, 0.3) is 0 Å². The summed E-state index contributed by atoms with van der Waals surface area (Å²) in [5, 5.41) is 0. The molecule has 6 nitrogen and oxygen atoms in total. The maximum Gasteiger partial charge on any atom is 0.338 e. The van der Waals surface area contributed by atoms with Gasteiger partial charge in [-0.15, -0.1) is 11.3 Å². The van der Waals surface area contributed by atoms with Crippen LogP contribution in [0.15, 0.2) is 41.3 Å². The van der Waals surface area contributed by atoms with Crippen LogP contribution in [0.4, 0.5) is 0 Å². The molecule has 2 aromatic rings. The van der Waals surface area contributed by atoms with Gasteiger partial charge in [0.1, 0.15) is 0 Å². The van der Waals surface area contributed by atoms with E-state index in [1.54, 1.807) is 19.9 Å². The zero-order chi connectivity index (χ0) is 19.3. The Labute approximate surface area is 157 Å². The summed E-state index contributed by atoms with van der Waals surface area (Å²) in [5.74, 6) is -1.02. The number of benzene rings is 1. The first-order chi connectivity index (χ1) is 12.3. The van der Waals surface area contributed by atoms with Crippen LogP contribution >= 0.6 is 11.3 Å². The maximum atomic E-state index is 12.5. The molecule has 0 saturated carbocycles. The van der Waals surface area contributed by atoms with Gasteiger partial charge in [0.25, 0.3) is 0 Å². The first kappa shape index (κ1) is 20.3. The number of ketones is 1. The third-order valence-electron chi connectivity index (χ3n) is 3.76. The smallest absolute Gasteiger partial charge is 0.338 e. The summed E-state index contributed by atoms with van der Waals surface area (Å²) in [6, 6.07) is 9.16. The molecule has 2 rings (SSSR count). The summed E-state index contributed by atoms with van der Waals surface area (Å²) in [4.78, 5) is 25.8. The van der Waals surface area contributed by atoms with Gasteiger partial charge in [0.05, 0.1) is 15.3 Å². The topological polar surface area (TPSA) is 80.8 Å². The number of rotatable bonds is 8. The van der Waals surface area contributed by atoms with E-state index in [-0.39, 0.29) is 22.8 Å². The number of Topliss-reactive ketones (excluding diaryl/α,β-unsaturated/α-hetero) is 1. The van der Waals surface area contributed by atoms with Crippen LogP contribution in [0, 0.1) is 6.92 Å². The van der Waals surface area contributed by atoms with Crippen molar-refractivity contribution in [3.8, 4) is 0 Å². The summed E-state index contributed by atoms with van der Waals surface area (Å²) < 4.78 is 31.4. The third-order valence-corrected chi connectivity index (χ3v) is 6.85. The Morgan fingerprint density at radius 1 is 1.12 bits per heavy atom. The standard InChI is InChI=1S/C18H21NO5S2/c1-4-19(5-2)26(22,23)15-8-6-7-14(11-15)18(21)24-12-16(20)17-10-9-13(3)25-17/h6-11H,4-5,12H2,1-3H3. The second-order valence-corrected chi connectivity index (χ2v) is 8.75. The van der Waals surface area contributed by atoms with E-state index in [1.807, 2.05) is 13.0 Å². The van der Waals surface area contributed by atoms with Gasteiger partial charge in [-0.25, -0.2) is 13.2 Å². The minimum atomic E-state index is -3.67. The lowest BCUT2D eigenvalue weighted by molar-refractivity contribution is 0.0475. The highest BCUT2D eigenvalue weighted by Crippen LogP contribution is 2.18. The fourth-order valence-corrected chi connectivity index (χ4v) is 4.66. The second kappa shape index (κ2) is 8.57. The lowest BCUT2D eigenvalue weighted by Crippen LogP contribution is -2.30. The molecular formula is C18H21NO5S2. The van der Waals surface area contributed by atoms with Crippen molar-refractivity contribution in [3.05, 3.63) is 51.7 Å². The summed E-state index contributed by atoms with van der Waals surface area (Å²) >= 11 is 1.33. The zero-order valence-corrected chi connectivity index (χ0v) is 16.5. The molecule has 0 fully saturated rings. The molecule has 0 aliphatic rings. The van der Waals surface area contributed by atoms with E-state index in [4.69, 9.17) is 4.74 Å². The number of ether oxygens (including phenoxy) is 1. The molecule has 0 unspecified atom stereocenters. The predicted molar refractivity (Wildman–Crippen MR) is 100 cm³/mol. The Kier molecular flexibility index (Phi) is 6.69. The number of esters is 1. The van der Waals surface area contributed by atoms with Crippen LogP contribution in [0.5, 0.6) is 0 Å². The normalized spacial score (nSPS) is 11.5. The average molecular weight is 396 g/mol. The number of nitrogens with zero attached hydrogens (tertiary/aromatic N) is 1. The summed E-state index contributed by atoms with van der Waals surface area (Å²) in [7, 11) is -3.67. The minimum absolute atomic E-state index is 0.0239. The van der Waals surface area contributed by atoms with Crippen molar-refractivity contribution in [1.29, 1.82) is 0 Å². The van der Waals surface area contributed by atoms with Gasteiger partial charge in [0.15, 0.2) is 6.61 Å². The highest BCUT2D eigenvalue weighted by molar-refractivity contribution is 7.89. The van der Waals surface area contributed by atoms with E-state index in [1.165, 1.54) is 39.9 Å². The van der Waals surface area contributed by atoms with Crippen LogP contribution in [0.1, 0.15) is 38.8 Å². The SMILES string of the molecule is CCN(CC)S(=O)(=O)c1cccc(C(=O)OCC(=O)c2ccc(C)s2)c1. The van der Waals surface area contributed by atoms with E-state index >= 15 is 0 Å². The highest BCUT2D eigenvalue weighted by atomic mass is 32.2. The Bertz CT molecular complexity index is 898. The van der Waals surface area contributed by atoms with Gasteiger partial charge in [0, 0.05) is 18.0 Å². The largest absolute Gasteiger partial charge is 0.454 e. The van der Waals surface area contributed by atoms with Gasteiger partial charge < -0.3 is 4.74 Å². The molecule has 0 N–H and O–H groups in total. The van der Waals surface area contributed by atoms with Gasteiger partial charge in [-0.2, -0.15) is 4.31 Å². The van der Waals surface area contributed by atoms with Crippen LogP contribution in [0.2, 0.25) is 0 Å². The van der Waals surface area contributed by atoms with E-state index in [0.29, 0.717) is 18.0 Å². The molecule has 0 atom stereocenters. The molecule has 26 heavy (non-hydrogen) atoms. The molecule has 0 aliphatic carbocycles. The Hall–Kier alpha value is -2.03. The van der Waals surface area contributed by atoms with E-state index in [2.05, 4.69) is 0 Å². The number of hydrogen-bond acceptors (Lipinski definition) is 6. The van der Waals surface area contributed by atoms with Crippen LogP contribution in [0.3, 0.4) is 0 Å².